The predicted molar refractivity (Wildman–Crippen MR) is 76.1 cm³/mol. The second-order valence-electron chi connectivity index (χ2n) is 4.04. The summed E-state index contributed by atoms with van der Waals surface area (Å²) in [5, 5.41) is 10.7. The summed E-state index contributed by atoms with van der Waals surface area (Å²) in [5.41, 5.74) is 6.55. The number of hydrogen-bond acceptors (Lipinski definition) is 6. The van der Waals surface area contributed by atoms with E-state index in [-0.39, 0.29) is 18.2 Å². The standard InChI is InChI=1S/C13H16N4O2S/c14-8-12-16-17-13(19-12)20-9-11(18)15-7-6-10-4-2-1-3-5-10/h1-5H,6-9,14H2,(H,15,18). The first-order valence-electron chi connectivity index (χ1n) is 6.24. The van der Waals surface area contributed by atoms with Gasteiger partial charge in [0.15, 0.2) is 0 Å². The molecule has 0 bridgehead atoms. The van der Waals surface area contributed by atoms with Crippen LogP contribution < -0.4 is 11.1 Å². The second kappa shape index (κ2) is 7.66. The zero-order valence-electron chi connectivity index (χ0n) is 10.9. The first-order valence-corrected chi connectivity index (χ1v) is 7.22. The lowest BCUT2D eigenvalue weighted by atomic mass is 10.1. The Balaban J connectivity index is 1.65. The molecule has 0 spiro atoms. The Labute approximate surface area is 121 Å². The van der Waals surface area contributed by atoms with E-state index < -0.39 is 0 Å². The Kier molecular flexibility index (Phi) is 5.57. The summed E-state index contributed by atoms with van der Waals surface area (Å²) in [7, 11) is 0. The summed E-state index contributed by atoms with van der Waals surface area (Å²) in [6.07, 6.45) is 0.815. The summed E-state index contributed by atoms with van der Waals surface area (Å²) in [6.45, 7) is 0.818. The van der Waals surface area contributed by atoms with Gasteiger partial charge >= 0.3 is 0 Å². The van der Waals surface area contributed by atoms with Gasteiger partial charge in [-0.1, -0.05) is 42.1 Å². The van der Waals surface area contributed by atoms with Crippen LogP contribution in [-0.2, 0) is 17.8 Å². The lowest BCUT2D eigenvalue weighted by Gasteiger charge is -2.04. The van der Waals surface area contributed by atoms with E-state index in [1.807, 2.05) is 30.3 Å². The lowest BCUT2D eigenvalue weighted by molar-refractivity contribution is -0.118. The monoisotopic (exact) mass is 292 g/mol. The van der Waals surface area contributed by atoms with Crippen molar-refractivity contribution in [2.24, 2.45) is 5.73 Å². The molecule has 0 fully saturated rings. The van der Waals surface area contributed by atoms with E-state index in [1.54, 1.807) is 0 Å². The van der Waals surface area contributed by atoms with Crippen LogP contribution in [0.5, 0.6) is 0 Å². The topological polar surface area (TPSA) is 94.0 Å². The van der Waals surface area contributed by atoms with Crippen molar-refractivity contribution in [2.45, 2.75) is 18.2 Å². The smallest absolute Gasteiger partial charge is 0.277 e. The molecule has 20 heavy (non-hydrogen) atoms. The quantitative estimate of drug-likeness (QED) is 0.739. The summed E-state index contributed by atoms with van der Waals surface area (Å²) in [6, 6.07) is 10.0. The molecule has 7 heteroatoms. The number of rotatable bonds is 7. The van der Waals surface area contributed by atoms with Crippen molar-refractivity contribution in [1.82, 2.24) is 15.5 Å². The fraction of sp³-hybridized carbons (Fsp3) is 0.308. The number of amides is 1. The summed E-state index contributed by atoms with van der Waals surface area (Å²) >= 11 is 1.20. The number of aromatic nitrogens is 2. The molecule has 0 aliphatic rings. The normalized spacial score (nSPS) is 10.4. The van der Waals surface area contributed by atoms with Crippen molar-refractivity contribution >= 4 is 17.7 Å². The first kappa shape index (κ1) is 14.5. The van der Waals surface area contributed by atoms with Crippen molar-refractivity contribution in [2.75, 3.05) is 12.3 Å². The van der Waals surface area contributed by atoms with E-state index in [0.29, 0.717) is 17.7 Å². The van der Waals surface area contributed by atoms with Crippen LogP contribution in [0.15, 0.2) is 40.0 Å². The third-order valence-electron chi connectivity index (χ3n) is 2.53. The number of thioether (sulfide) groups is 1. The molecule has 0 unspecified atom stereocenters. The van der Waals surface area contributed by atoms with E-state index >= 15 is 0 Å². The molecular weight excluding hydrogens is 276 g/mol. The molecule has 2 rings (SSSR count). The molecule has 0 radical (unpaired) electrons. The van der Waals surface area contributed by atoms with E-state index in [2.05, 4.69) is 15.5 Å². The van der Waals surface area contributed by atoms with Crippen molar-refractivity contribution < 1.29 is 9.21 Å². The van der Waals surface area contributed by atoms with Crippen LogP contribution in [0.4, 0.5) is 0 Å². The van der Waals surface area contributed by atoms with E-state index in [4.69, 9.17) is 10.2 Å². The van der Waals surface area contributed by atoms with Crippen molar-refractivity contribution in [3.63, 3.8) is 0 Å². The number of carbonyl (C=O) groups excluding carboxylic acids is 1. The predicted octanol–water partition coefficient (Wildman–Crippen LogP) is 0.979. The lowest BCUT2D eigenvalue weighted by Crippen LogP contribution is -2.27. The molecule has 106 valence electrons. The Morgan fingerprint density at radius 2 is 2.10 bits per heavy atom. The van der Waals surface area contributed by atoms with Gasteiger partial charge in [-0.05, 0) is 12.0 Å². The van der Waals surface area contributed by atoms with Gasteiger partial charge in [0.2, 0.25) is 11.8 Å². The molecule has 0 saturated heterocycles. The van der Waals surface area contributed by atoms with Gasteiger partial charge < -0.3 is 15.5 Å². The van der Waals surface area contributed by atoms with Crippen molar-refractivity contribution in [3.05, 3.63) is 41.8 Å². The maximum Gasteiger partial charge on any atom is 0.277 e. The highest BCUT2D eigenvalue weighted by Gasteiger charge is 2.08. The summed E-state index contributed by atoms with van der Waals surface area (Å²) in [4.78, 5) is 11.6. The zero-order chi connectivity index (χ0) is 14.2. The number of nitrogens with one attached hydrogen (secondary N) is 1. The van der Waals surface area contributed by atoms with Crippen molar-refractivity contribution in [3.8, 4) is 0 Å². The van der Waals surface area contributed by atoms with Crippen LogP contribution in [0.3, 0.4) is 0 Å². The molecule has 2 aromatic rings. The molecule has 1 amide bonds. The van der Waals surface area contributed by atoms with Crippen LogP contribution in [0, 0.1) is 0 Å². The maximum absolute atomic E-state index is 11.6. The molecule has 6 nitrogen and oxygen atoms in total. The SMILES string of the molecule is NCc1nnc(SCC(=O)NCCc2ccccc2)o1. The average Bonchev–Trinajstić information content (AvgIpc) is 2.94. The van der Waals surface area contributed by atoms with Gasteiger partial charge in [-0.3, -0.25) is 4.79 Å². The van der Waals surface area contributed by atoms with Gasteiger partial charge in [0.1, 0.15) is 0 Å². The third-order valence-corrected chi connectivity index (χ3v) is 3.35. The van der Waals surface area contributed by atoms with Crippen molar-refractivity contribution in [1.29, 1.82) is 0 Å². The molecule has 1 aromatic heterocycles. The van der Waals surface area contributed by atoms with Gasteiger partial charge in [0.05, 0.1) is 12.3 Å². The number of benzene rings is 1. The highest BCUT2D eigenvalue weighted by molar-refractivity contribution is 7.99. The number of carbonyl (C=O) groups is 1. The highest BCUT2D eigenvalue weighted by Crippen LogP contribution is 2.15. The van der Waals surface area contributed by atoms with Crippen LogP contribution in [0.25, 0.3) is 0 Å². The molecule has 0 atom stereocenters. The van der Waals surface area contributed by atoms with E-state index in [1.165, 1.54) is 17.3 Å². The van der Waals surface area contributed by atoms with Crippen LogP contribution in [0.1, 0.15) is 11.5 Å². The fourth-order valence-corrected chi connectivity index (χ4v) is 2.16. The molecule has 1 aromatic carbocycles. The van der Waals surface area contributed by atoms with E-state index in [0.717, 1.165) is 6.42 Å². The minimum Gasteiger partial charge on any atom is -0.415 e. The Morgan fingerprint density at radius 3 is 2.80 bits per heavy atom. The average molecular weight is 292 g/mol. The Hall–Kier alpha value is -1.86. The number of nitrogens with two attached hydrogens (primary N) is 1. The minimum atomic E-state index is -0.0570. The molecule has 0 aliphatic carbocycles. The third kappa shape index (κ3) is 4.67. The highest BCUT2D eigenvalue weighted by atomic mass is 32.2. The maximum atomic E-state index is 11.6. The first-order chi connectivity index (χ1) is 9.78. The van der Waals surface area contributed by atoms with Gasteiger partial charge in [0.25, 0.3) is 5.22 Å². The Bertz CT molecular complexity index is 544. The molecular formula is C13H16N4O2S. The van der Waals surface area contributed by atoms with Gasteiger partial charge in [0, 0.05) is 6.54 Å². The second-order valence-corrected chi connectivity index (χ2v) is 4.97. The molecule has 3 N–H and O–H groups in total. The Morgan fingerprint density at radius 1 is 1.30 bits per heavy atom. The summed E-state index contributed by atoms with van der Waals surface area (Å²) < 4.78 is 5.19. The fourth-order valence-electron chi connectivity index (χ4n) is 1.55. The molecule has 0 saturated carbocycles. The van der Waals surface area contributed by atoms with E-state index in [9.17, 15) is 4.79 Å². The van der Waals surface area contributed by atoms with Gasteiger partial charge in [-0.15, -0.1) is 10.2 Å². The molecule has 0 aliphatic heterocycles. The van der Waals surface area contributed by atoms with Gasteiger partial charge in [-0.2, -0.15) is 0 Å². The minimum absolute atomic E-state index is 0.0570. The summed E-state index contributed by atoms with van der Waals surface area (Å²) in [5.74, 6) is 0.566. The largest absolute Gasteiger partial charge is 0.415 e. The number of nitrogens with zero attached hydrogens (tertiary/aromatic N) is 2. The number of hydrogen-bond donors (Lipinski definition) is 2. The molecule has 1 heterocycles. The van der Waals surface area contributed by atoms with Crippen LogP contribution in [0.2, 0.25) is 0 Å². The van der Waals surface area contributed by atoms with Crippen LogP contribution >= 0.6 is 11.8 Å². The van der Waals surface area contributed by atoms with Crippen LogP contribution in [-0.4, -0.2) is 28.4 Å². The van der Waals surface area contributed by atoms with Gasteiger partial charge in [-0.25, -0.2) is 0 Å². The zero-order valence-corrected chi connectivity index (χ0v) is 11.7.